The Labute approximate surface area is 98.1 Å². The van der Waals surface area contributed by atoms with E-state index in [1.54, 1.807) is 6.07 Å². The molecule has 17 heavy (non-hydrogen) atoms. The molecule has 1 aliphatic heterocycles. The fraction of sp³-hybridized carbons (Fsp3) is 0.143. The molecule has 0 fully saturated rings. The molecule has 3 heteroatoms. The number of hydrogen-bond donors (Lipinski definition) is 1. The summed E-state index contributed by atoms with van der Waals surface area (Å²) in [5.74, 6) is -1.60. The maximum absolute atomic E-state index is 13.2. The van der Waals surface area contributed by atoms with E-state index in [0.717, 1.165) is 17.7 Å². The van der Waals surface area contributed by atoms with Crippen molar-refractivity contribution in [3.8, 4) is 0 Å². The Morgan fingerprint density at radius 2 is 1.82 bits per heavy atom. The average Bonchev–Trinajstić information content (AvgIpc) is 2.76. The second kappa shape index (κ2) is 3.93. The Kier molecular flexibility index (Phi) is 2.41. The van der Waals surface area contributed by atoms with Crippen LogP contribution in [0.3, 0.4) is 0 Å². The molecule has 1 atom stereocenters. The minimum Gasteiger partial charge on any atom is -0.302 e. The van der Waals surface area contributed by atoms with Gasteiger partial charge in [0.25, 0.3) is 0 Å². The lowest BCUT2D eigenvalue weighted by Crippen LogP contribution is -2.13. The van der Waals surface area contributed by atoms with Gasteiger partial charge in [0, 0.05) is 6.54 Å². The molecule has 0 radical (unpaired) electrons. The molecule has 0 aliphatic carbocycles. The summed E-state index contributed by atoms with van der Waals surface area (Å²) in [6.07, 6.45) is 0. The third-order valence-corrected chi connectivity index (χ3v) is 3.14. The zero-order valence-corrected chi connectivity index (χ0v) is 9.08. The van der Waals surface area contributed by atoms with E-state index in [-0.39, 0.29) is 6.04 Å². The van der Waals surface area contributed by atoms with Crippen LogP contribution < -0.4 is 5.32 Å². The Morgan fingerprint density at radius 1 is 1.00 bits per heavy atom. The number of hydrogen-bond acceptors (Lipinski definition) is 1. The van der Waals surface area contributed by atoms with Gasteiger partial charge in [0.05, 0.1) is 6.04 Å². The average molecular weight is 231 g/mol. The van der Waals surface area contributed by atoms with E-state index in [0.29, 0.717) is 0 Å². The molecular weight excluding hydrogens is 220 g/mol. The lowest BCUT2D eigenvalue weighted by atomic mass is 9.98. The van der Waals surface area contributed by atoms with Crippen LogP contribution in [-0.4, -0.2) is 0 Å². The van der Waals surface area contributed by atoms with Crippen molar-refractivity contribution >= 4 is 0 Å². The van der Waals surface area contributed by atoms with E-state index >= 15 is 0 Å². The van der Waals surface area contributed by atoms with E-state index in [1.165, 1.54) is 17.7 Å². The van der Waals surface area contributed by atoms with Crippen molar-refractivity contribution in [2.75, 3.05) is 0 Å². The van der Waals surface area contributed by atoms with Gasteiger partial charge in [-0.25, -0.2) is 8.78 Å². The summed E-state index contributed by atoms with van der Waals surface area (Å²) in [6.45, 7) is 0.764. The van der Waals surface area contributed by atoms with Gasteiger partial charge in [0.2, 0.25) is 0 Å². The van der Waals surface area contributed by atoms with Crippen LogP contribution in [0.4, 0.5) is 8.78 Å². The van der Waals surface area contributed by atoms with Gasteiger partial charge in [-0.2, -0.15) is 0 Å². The molecule has 1 nitrogen and oxygen atoms in total. The van der Waals surface area contributed by atoms with Gasteiger partial charge in [0.1, 0.15) is 0 Å². The third-order valence-electron chi connectivity index (χ3n) is 3.14. The summed E-state index contributed by atoms with van der Waals surface area (Å²) in [7, 11) is 0. The molecule has 0 spiro atoms. The van der Waals surface area contributed by atoms with Crippen molar-refractivity contribution < 1.29 is 8.78 Å². The van der Waals surface area contributed by atoms with Crippen LogP contribution in [0.5, 0.6) is 0 Å². The predicted octanol–water partition coefficient (Wildman–Crippen LogP) is 3.16. The molecule has 1 unspecified atom stereocenters. The molecule has 0 bridgehead atoms. The van der Waals surface area contributed by atoms with Crippen molar-refractivity contribution in [1.29, 1.82) is 0 Å². The Hall–Kier alpha value is -1.74. The first-order chi connectivity index (χ1) is 8.25. The molecule has 86 valence electrons. The van der Waals surface area contributed by atoms with Crippen molar-refractivity contribution in [2.45, 2.75) is 12.6 Å². The fourth-order valence-electron chi connectivity index (χ4n) is 2.29. The summed E-state index contributed by atoms with van der Waals surface area (Å²) >= 11 is 0. The van der Waals surface area contributed by atoms with Crippen molar-refractivity contribution in [2.24, 2.45) is 0 Å². The van der Waals surface area contributed by atoms with Gasteiger partial charge < -0.3 is 5.32 Å². The molecule has 1 N–H and O–H groups in total. The molecule has 2 aromatic rings. The maximum Gasteiger partial charge on any atom is 0.159 e. The normalized spacial score (nSPS) is 18.1. The predicted molar refractivity (Wildman–Crippen MR) is 61.5 cm³/mol. The van der Waals surface area contributed by atoms with Gasteiger partial charge in [-0.15, -0.1) is 0 Å². The van der Waals surface area contributed by atoms with Crippen molar-refractivity contribution in [3.05, 3.63) is 70.8 Å². The number of fused-ring (bicyclic) bond motifs is 1. The molecule has 3 rings (SSSR count). The van der Waals surface area contributed by atoms with E-state index < -0.39 is 11.6 Å². The first kappa shape index (κ1) is 10.4. The van der Waals surface area contributed by atoms with Crippen LogP contribution in [-0.2, 0) is 6.54 Å². The summed E-state index contributed by atoms with van der Waals surface area (Å²) < 4.78 is 26.1. The molecule has 0 saturated heterocycles. The topological polar surface area (TPSA) is 12.0 Å². The quantitative estimate of drug-likeness (QED) is 0.795. The smallest absolute Gasteiger partial charge is 0.159 e. The Bertz CT molecular complexity index is 566. The number of halogens is 2. The lowest BCUT2D eigenvalue weighted by molar-refractivity contribution is 0.505. The highest BCUT2D eigenvalue weighted by molar-refractivity contribution is 5.41. The molecule has 1 heterocycles. The molecule has 0 amide bonds. The van der Waals surface area contributed by atoms with Crippen LogP contribution >= 0.6 is 0 Å². The number of rotatable bonds is 1. The van der Waals surface area contributed by atoms with Crippen LogP contribution in [0.25, 0.3) is 0 Å². The fourth-order valence-corrected chi connectivity index (χ4v) is 2.29. The molecule has 0 aromatic heterocycles. The maximum atomic E-state index is 13.2. The van der Waals surface area contributed by atoms with E-state index in [1.807, 2.05) is 24.3 Å². The minimum atomic E-state index is -0.806. The first-order valence-electron chi connectivity index (χ1n) is 5.52. The lowest BCUT2D eigenvalue weighted by Gasteiger charge is -2.12. The Balaban J connectivity index is 2.04. The first-order valence-corrected chi connectivity index (χ1v) is 5.52. The molecular formula is C14H11F2N. The minimum absolute atomic E-state index is 0.0405. The largest absolute Gasteiger partial charge is 0.302 e. The highest BCUT2D eigenvalue weighted by Crippen LogP contribution is 2.31. The zero-order chi connectivity index (χ0) is 11.8. The van der Waals surface area contributed by atoms with Crippen molar-refractivity contribution in [1.82, 2.24) is 5.32 Å². The SMILES string of the molecule is Fc1ccc(C2NCc3ccccc32)cc1F. The number of benzene rings is 2. The highest BCUT2D eigenvalue weighted by atomic mass is 19.2. The standard InChI is InChI=1S/C14H11F2N/c15-12-6-5-9(7-13(12)16)14-11-4-2-1-3-10(11)8-17-14/h1-7,14,17H,8H2. The Morgan fingerprint density at radius 3 is 2.65 bits per heavy atom. The number of nitrogens with one attached hydrogen (secondary N) is 1. The second-order valence-electron chi connectivity index (χ2n) is 4.19. The van der Waals surface area contributed by atoms with Gasteiger partial charge >= 0.3 is 0 Å². The monoisotopic (exact) mass is 231 g/mol. The molecule has 1 aliphatic rings. The van der Waals surface area contributed by atoms with E-state index in [9.17, 15) is 8.78 Å². The van der Waals surface area contributed by atoms with Crippen molar-refractivity contribution in [3.63, 3.8) is 0 Å². The molecule has 0 saturated carbocycles. The summed E-state index contributed by atoms with van der Waals surface area (Å²) in [5.41, 5.74) is 3.11. The highest BCUT2D eigenvalue weighted by Gasteiger charge is 2.23. The van der Waals surface area contributed by atoms with Crippen LogP contribution in [0, 0.1) is 11.6 Å². The van der Waals surface area contributed by atoms with Gasteiger partial charge in [-0.1, -0.05) is 30.3 Å². The third kappa shape index (κ3) is 1.72. The van der Waals surface area contributed by atoms with E-state index in [4.69, 9.17) is 0 Å². The summed E-state index contributed by atoms with van der Waals surface area (Å²) in [6, 6.07) is 12.0. The van der Waals surface area contributed by atoms with Gasteiger partial charge in [0.15, 0.2) is 11.6 Å². The van der Waals surface area contributed by atoms with Crippen LogP contribution in [0.1, 0.15) is 22.7 Å². The van der Waals surface area contributed by atoms with Crippen LogP contribution in [0.2, 0.25) is 0 Å². The van der Waals surface area contributed by atoms with Gasteiger partial charge in [-0.05, 0) is 28.8 Å². The van der Waals surface area contributed by atoms with Crippen LogP contribution in [0.15, 0.2) is 42.5 Å². The van der Waals surface area contributed by atoms with Gasteiger partial charge in [-0.3, -0.25) is 0 Å². The molecule has 2 aromatic carbocycles. The van der Waals surface area contributed by atoms with E-state index in [2.05, 4.69) is 5.32 Å². The zero-order valence-electron chi connectivity index (χ0n) is 9.08. The summed E-state index contributed by atoms with van der Waals surface area (Å²) in [5, 5.41) is 3.30. The second-order valence-corrected chi connectivity index (χ2v) is 4.19. The summed E-state index contributed by atoms with van der Waals surface area (Å²) in [4.78, 5) is 0.